The van der Waals surface area contributed by atoms with Gasteiger partial charge in [0.25, 0.3) is 0 Å². The van der Waals surface area contributed by atoms with Gasteiger partial charge in [-0.3, -0.25) is 0 Å². The first-order valence-corrected chi connectivity index (χ1v) is 8.66. The van der Waals surface area contributed by atoms with Gasteiger partial charge < -0.3 is 10.2 Å². The van der Waals surface area contributed by atoms with Crippen LogP contribution in [0.2, 0.25) is 0 Å². The minimum Gasteiger partial charge on any atom is -0.343 e. The minimum absolute atomic E-state index is 0.643. The first kappa shape index (κ1) is 15.0. The number of rotatable bonds is 3. The van der Waals surface area contributed by atoms with Crippen LogP contribution in [0.25, 0.3) is 0 Å². The Hall–Kier alpha value is -1.88. The Labute approximate surface area is 135 Å². The molecule has 1 aliphatic heterocycles. The van der Waals surface area contributed by atoms with E-state index in [4.69, 9.17) is 4.99 Å². The number of benzene rings is 1. The van der Waals surface area contributed by atoms with Gasteiger partial charge in [-0.2, -0.15) is 0 Å². The highest BCUT2D eigenvalue weighted by Crippen LogP contribution is 2.15. The summed E-state index contributed by atoms with van der Waals surface area (Å²) in [7, 11) is 0. The fraction of sp³-hybridized carbons (Fsp3) is 0.412. The smallest absolute Gasteiger partial charge is 0.198 e. The van der Waals surface area contributed by atoms with Crippen LogP contribution in [0.5, 0.6) is 0 Å². The maximum Gasteiger partial charge on any atom is 0.198 e. The van der Waals surface area contributed by atoms with Crippen molar-refractivity contribution in [3.05, 3.63) is 46.4 Å². The summed E-state index contributed by atoms with van der Waals surface area (Å²) in [6.07, 6.45) is 5.72. The van der Waals surface area contributed by atoms with Crippen molar-refractivity contribution >= 4 is 23.0 Å². The largest absolute Gasteiger partial charge is 0.343 e. The van der Waals surface area contributed by atoms with Crippen molar-refractivity contribution in [2.24, 2.45) is 4.99 Å². The maximum absolute atomic E-state index is 4.81. The molecular formula is C17H22N4S. The third-order valence-corrected chi connectivity index (χ3v) is 4.62. The van der Waals surface area contributed by atoms with E-state index in [9.17, 15) is 0 Å². The number of hydrogen-bond donors (Lipinski definition) is 1. The number of nitrogens with one attached hydrogen (secondary N) is 1. The van der Waals surface area contributed by atoms with Gasteiger partial charge >= 0.3 is 0 Å². The fourth-order valence-electron chi connectivity index (χ4n) is 2.59. The topological polar surface area (TPSA) is 40.5 Å². The summed E-state index contributed by atoms with van der Waals surface area (Å²) in [5.41, 5.74) is 1.09. The second-order valence-corrected chi connectivity index (χ2v) is 6.86. The molecule has 0 saturated carbocycles. The summed E-state index contributed by atoms with van der Waals surface area (Å²) in [4.78, 5) is 12.8. The molecule has 0 amide bonds. The SMILES string of the molecule is Cc1cnc(CN=C(Nc2ccccc2)N2CCCCC2)s1. The molecule has 1 aliphatic rings. The van der Waals surface area contributed by atoms with E-state index in [0.29, 0.717) is 6.54 Å². The number of aryl methyl sites for hydroxylation is 1. The van der Waals surface area contributed by atoms with Crippen molar-refractivity contribution in [3.8, 4) is 0 Å². The van der Waals surface area contributed by atoms with Gasteiger partial charge in [-0.25, -0.2) is 9.98 Å². The van der Waals surface area contributed by atoms with E-state index in [2.05, 4.69) is 34.3 Å². The van der Waals surface area contributed by atoms with Crippen LogP contribution < -0.4 is 5.32 Å². The van der Waals surface area contributed by atoms with E-state index < -0.39 is 0 Å². The Morgan fingerprint density at radius 2 is 2.00 bits per heavy atom. The predicted molar refractivity (Wildman–Crippen MR) is 93.5 cm³/mol. The standard InChI is InChI=1S/C17H22N4S/c1-14-12-18-16(22-14)13-19-17(21-10-6-3-7-11-21)20-15-8-4-2-5-9-15/h2,4-5,8-9,12H,3,6-7,10-11,13H2,1H3,(H,19,20). The molecule has 2 heterocycles. The molecular weight excluding hydrogens is 292 g/mol. The van der Waals surface area contributed by atoms with Gasteiger partial charge in [0.1, 0.15) is 5.01 Å². The van der Waals surface area contributed by atoms with E-state index in [1.54, 1.807) is 11.3 Å². The number of hydrogen-bond acceptors (Lipinski definition) is 3. The van der Waals surface area contributed by atoms with Crippen LogP contribution in [0.3, 0.4) is 0 Å². The Bertz CT molecular complexity index is 615. The number of aliphatic imine (C=N–C) groups is 1. The summed E-state index contributed by atoms with van der Waals surface area (Å²) in [6, 6.07) is 10.3. The van der Waals surface area contributed by atoms with Crippen molar-refractivity contribution in [3.63, 3.8) is 0 Å². The second-order valence-electron chi connectivity index (χ2n) is 5.54. The van der Waals surface area contributed by atoms with Crippen molar-refractivity contribution in [1.82, 2.24) is 9.88 Å². The van der Waals surface area contributed by atoms with Crippen LogP contribution >= 0.6 is 11.3 Å². The molecule has 1 N–H and O–H groups in total. The molecule has 3 rings (SSSR count). The Kier molecular flexibility index (Phi) is 5.06. The monoisotopic (exact) mass is 314 g/mol. The van der Waals surface area contributed by atoms with E-state index in [0.717, 1.165) is 29.7 Å². The van der Waals surface area contributed by atoms with Crippen molar-refractivity contribution in [2.75, 3.05) is 18.4 Å². The van der Waals surface area contributed by atoms with Gasteiger partial charge in [-0.05, 0) is 38.3 Å². The summed E-state index contributed by atoms with van der Waals surface area (Å²) >= 11 is 1.72. The highest BCUT2D eigenvalue weighted by Gasteiger charge is 2.15. The van der Waals surface area contributed by atoms with Gasteiger partial charge in [-0.15, -0.1) is 11.3 Å². The lowest BCUT2D eigenvalue weighted by molar-refractivity contribution is 0.340. The molecule has 1 aromatic heterocycles. The third-order valence-electron chi connectivity index (χ3n) is 3.72. The summed E-state index contributed by atoms with van der Waals surface area (Å²) in [5.74, 6) is 0.971. The number of para-hydroxylation sites is 1. The van der Waals surface area contributed by atoms with Crippen molar-refractivity contribution in [2.45, 2.75) is 32.7 Å². The zero-order valence-corrected chi connectivity index (χ0v) is 13.8. The van der Waals surface area contributed by atoms with E-state index in [1.165, 1.54) is 24.1 Å². The molecule has 1 aromatic carbocycles. The van der Waals surface area contributed by atoms with Crippen LogP contribution in [-0.4, -0.2) is 28.9 Å². The molecule has 22 heavy (non-hydrogen) atoms. The first-order chi connectivity index (χ1) is 10.8. The lowest BCUT2D eigenvalue weighted by Gasteiger charge is -2.30. The van der Waals surface area contributed by atoms with Gasteiger partial charge in [0, 0.05) is 29.9 Å². The van der Waals surface area contributed by atoms with Crippen LogP contribution in [0.15, 0.2) is 41.5 Å². The lowest BCUT2D eigenvalue weighted by atomic mass is 10.1. The zero-order valence-electron chi connectivity index (χ0n) is 13.0. The number of thiazole rings is 1. The number of aromatic nitrogens is 1. The van der Waals surface area contributed by atoms with Gasteiger partial charge in [0.05, 0.1) is 6.54 Å². The van der Waals surface area contributed by atoms with Crippen LogP contribution in [0.1, 0.15) is 29.1 Å². The number of guanidine groups is 1. The molecule has 0 radical (unpaired) electrons. The summed E-state index contributed by atoms with van der Waals surface area (Å²) in [6.45, 7) is 4.88. The van der Waals surface area contributed by atoms with Crippen molar-refractivity contribution < 1.29 is 0 Å². The lowest BCUT2D eigenvalue weighted by Crippen LogP contribution is -2.40. The summed E-state index contributed by atoms with van der Waals surface area (Å²) in [5, 5.41) is 4.55. The average Bonchev–Trinajstić information content (AvgIpc) is 2.99. The molecule has 116 valence electrons. The number of likely N-dealkylation sites (tertiary alicyclic amines) is 1. The third kappa shape index (κ3) is 4.07. The normalized spacial score (nSPS) is 15.9. The van der Waals surface area contributed by atoms with Gasteiger partial charge in [0.15, 0.2) is 5.96 Å². The number of anilines is 1. The number of piperidine rings is 1. The molecule has 5 heteroatoms. The predicted octanol–water partition coefficient (Wildman–Crippen LogP) is 3.91. The number of nitrogens with zero attached hydrogens (tertiary/aromatic N) is 3. The second kappa shape index (κ2) is 7.40. The Morgan fingerprint density at radius 1 is 1.23 bits per heavy atom. The highest BCUT2D eigenvalue weighted by molar-refractivity contribution is 7.11. The molecule has 0 bridgehead atoms. The van der Waals surface area contributed by atoms with Crippen molar-refractivity contribution in [1.29, 1.82) is 0 Å². The van der Waals surface area contributed by atoms with Gasteiger partial charge in [-0.1, -0.05) is 18.2 Å². The molecule has 4 nitrogen and oxygen atoms in total. The average molecular weight is 314 g/mol. The summed E-state index contributed by atoms with van der Waals surface area (Å²) < 4.78 is 0. The molecule has 1 saturated heterocycles. The molecule has 1 fully saturated rings. The van der Waals surface area contributed by atoms with Gasteiger partial charge in [0.2, 0.25) is 0 Å². The van der Waals surface area contributed by atoms with Crippen LogP contribution in [0.4, 0.5) is 5.69 Å². The Balaban J connectivity index is 1.75. The zero-order chi connectivity index (χ0) is 15.2. The maximum atomic E-state index is 4.81. The molecule has 0 unspecified atom stereocenters. The Morgan fingerprint density at radius 3 is 2.68 bits per heavy atom. The fourth-order valence-corrected chi connectivity index (χ4v) is 3.30. The van der Waals surface area contributed by atoms with E-state index >= 15 is 0 Å². The highest BCUT2D eigenvalue weighted by atomic mass is 32.1. The van der Waals surface area contributed by atoms with E-state index in [-0.39, 0.29) is 0 Å². The van der Waals surface area contributed by atoms with Crippen LogP contribution in [0, 0.1) is 6.92 Å². The molecule has 0 aliphatic carbocycles. The molecule has 2 aromatic rings. The minimum atomic E-state index is 0.643. The molecule has 0 spiro atoms. The van der Waals surface area contributed by atoms with Crippen LogP contribution in [-0.2, 0) is 6.54 Å². The molecule has 0 atom stereocenters. The quantitative estimate of drug-likeness (QED) is 0.690. The van der Waals surface area contributed by atoms with E-state index in [1.807, 2.05) is 24.4 Å². The first-order valence-electron chi connectivity index (χ1n) is 7.84.